The Balaban J connectivity index is 2.21. The van der Waals surface area contributed by atoms with E-state index in [1.54, 1.807) is 12.3 Å². The number of nitrogen functional groups attached to an aromatic ring is 1. The lowest BCUT2D eigenvalue weighted by atomic mass is 10.1. The Bertz CT molecular complexity index is 557. The maximum absolute atomic E-state index is 13.1. The highest BCUT2D eigenvalue weighted by molar-refractivity contribution is 5.47. The van der Waals surface area contributed by atoms with Crippen molar-refractivity contribution in [3.63, 3.8) is 0 Å². The molecule has 0 aliphatic heterocycles. The van der Waals surface area contributed by atoms with E-state index in [0.717, 1.165) is 11.1 Å². The molecule has 18 heavy (non-hydrogen) atoms. The molecule has 94 valence electrons. The monoisotopic (exact) mass is 246 g/mol. The quantitative estimate of drug-likeness (QED) is 0.904. The van der Waals surface area contributed by atoms with Gasteiger partial charge in [-0.25, -0.2) is 9.37 Å². The Morgan fingerprint density at radius 3 is 2.83 bits per heavy atom. The molecular weight excluding hydrogens is 231 g/mol. The zero-order valence-corrected chi connectivity index (χ0v) is 10.4. The Labute approximate surface area is 105 Å². The summed E-state index contributed by atoms with van der Waals surface area (Å²) in [4.78, 5) is 4.02. The molecule has 1 heterocycles. The van der Waals surface area contributed by atoms with Gasteiger partial charge in [-0.15, -0.1) is 0 Å². The summed E-state index contributed by atoms with van der Waals surface area (Å²) in [6, 6.07) is 8.14. The number of aromatic nitrogens is 1. The first-order valence-corrected chi connectivity index (χ1v) is 5.70. The molecule has 0 fully saturated rings. The second-order valence-corrected chi connectivity index (χ2v) is 4.21. The number of rotatable bonds is 3. The third-order valence-electron chi connectivity index (χ3n) is 2.64. The van der Waals surface area contributed by atoms with E-state index in [1.165, 1.54) is 12.1 Å². The molecule has 0 saturated heterocycles. The van der Waals surface area contributed by atoms with Crippen LogP contribution in [0, 0.1) is 12.7 Å². The number of hydrogen-bond acceptors (Lipinski definition) is 3. The molecule has 2 aromatic rings. The van der Waals surface area contributed by atoms with Crippen molar-refractivity contribution >= 4 is 5.82 Å². The van der Waals surface area contributed by atoms with Gasteiger partial charge in [-0.3, -0.25) is 0 Å². The summed E-state index contributed by atoms with van der Waals surface area (Å²) in [5, 5.41) is 0. The van der Waals surface area contributed by atoms with Crippen LogP contribution in [0.1, 0.15) is 24.2 Å². The molecule has 0 amide bonds. The molecule has 0 radical (unpaired) electrons. The molecule has 1 unspecified atom stereocenters. The summed E-state index contributed by atoms with van der Waals surface area (Å²) in [6.07, 6.45) is 1.39. The topological polar surface area (TPSA) is 48.1 Å². The summed E-state index contributed by atoms with van der Waals surface area (Å²) < 4.78 is 18.8. The van der Waals surface area contributed by atoms with Gasteiger partial charge in [0.2, 0.25) is 0 Å². The fourth-order valence-corrected chi connectivity index (χ4v) is 1.67. The van der Waals surface area contributed by atoms with E-state index >= 15 is 0 Å². The van der Waals surface area contributed by atoms with Crippen LogP contribution in [0.3, 0.4) is 0 Å². The van der Waals surface area contributed by atoms with Crippen LogP contribution in [0.15, 0.2) is 36.5 Å². The largest absolute Gasteiger partial charge is 0.482 e. The molecule has 2 N–H and O–H groups in total. The minimum absolute atomic E-state index is 0.279. The van der Waals surface area contributed by atoms with Crippen LogP contribution in [-0.4, -0.2) is 4.98 Å². The predicted molar refractivity (Wildman–Crippen MR) is 68.8 cm³/mol. The van der Waals surface area contributed by atoms with Crippen LogP contribution in [0.25, 0.3) is 0 Å². The van der Waals surface area contributed by atoms with Crippen molar-refractivity contribution in [1.82, 2.24) is 4.98 Å². The Kier molecular flexibility index (Phi) is 3.46. The second kappa shape index (κ2) is 5.04. The molecule has 1 aromatic heterocycles. The van der Waals surface area contributed by atoms with Crippen molar-refractivity contribution in [2.75, 3.05) is 5.73 Å². The number of halogens is 1. The number of aryl methyl sites for hydroxylation is 1. The molecule has 1 aromatic carbocycles. The molecule has 4 heteroatoms. The average Bonchev–Trinajstić information content (AvgIpc) is 2.34. The normalized spacial score (nSPS) is 12.2. The molecule has 0 aliphatic rings. The van der Waals surface area contributed by atoms with Crippen LogP contribution in [-0.2, 0) is 0 Å². The van der Waals surface area contributed by atoms with Crippen LogP contribution < -0.4 is 10.5 Å². The minimum Gasteiger partial charge on any atom is -0.482 e. The molecule has 1 atom stereocenters. The Hall–Kier alpha value is -2.10. The SMILES string of the molecule is Cc1cnc(N)c(OC(C)c2cccc(F)c2)c1. The smallest absolute Gasteiger partial charge is 0.166 e. The summed E-state index contributed by atoms with van der Waals surface area (Å²) >= 11 is 0. The maximum atomic E-state index is 13.1. The number of benzene rings is 1. The Morgan fingerprint density at radius 1 is 1.33 bits per heavy atom. The second-order valence-electron chi connectivity index (χ2n) is 4.21. The molecule has 0 aliphatic carbocycles. The first-order chi connectivity index (χ1) is 8.56. The zero-order valence-electron chi connectivity index (χ0n) is 10.4. The van der Waals surface area contributed by atoms with Crippen LogP contribution in [0.4, 0.5) is 10.2 Å². The van der Waals surface area contributed by atoms with E-state index in [4.69, 9.17) is 10.5 Å². The van der Waals surface area contributed by atoms with Gasteiger partial charge < -0.3 is 10.5 Å². The fourth-order valence-electron chi connectivity index (χ4n) is 1.67. The predicted octanol–water partition coefficient (Wildman–Crippen LogP) is 3.25. The number of nitrogens with two attached hydrogens (primary N) is 1. The van der Waals surface area contributed by atoms with Crippen molar-refractivity contribution in [1.29, 1.82) is 0 Å². The first-order valence-electron chi connectivity index (χ1n) is 5.70. The number of pyridine rings is 1. The van der Waals surface area contributed by atoms with Gasteiger partial charge in [0.1, 0.15) is 11.9 Å². The van der Waals surface area contributed by atoms with Gasteiger partial charge in [-0.1, -0.05) is 12.1 Å². The number of nitrogens with zero attached hydrogens (tertiary/aromatic N) is 1. The summed E-state index contributed by atoms with van der Waals surface area (Å²) in [5.74, 6) is 0.578. The lowest BCUT2D eigenvalue weighted by molar-refractivity contribution is 0.227. The van der Waals surface area contributed by atoms with Gasteiger partial charge in [-0.05, 0) is 43.2 Å². The van der Waals surface area contributed by atoms with E-state index in [1.807, 2.05) is 26.0 Å². The van der Waals surface area contributed by atoms with E-state index in [9.17, 15) is 4.39 Å². The first kappa shape index (κ1) is 12.4. The van der Waals surface area contributed by atoms with Crippen molar-refractivity contribution in [2.24, 2.45) is 0 Å². The summed E-state index contributed by atoms with van der Waals surface area (Å²) in [7, 11) is 0. The van der Waals surface area contributed by atoms with Gasteiger partial charge in [0.25, 0.3) is 0 Å². The average molecular weight is 246 g/mol. The van der Waals surface area contributed by atoms with E-state index < -0.39 is 0 Å². The third kappa shape index (κ3) is 2.77. The molecule has 0 saturated carbocycles. The molecular formula is C14H15FN2O. The summed E-state index contributed by atoms with van der Waals surface area (Å²) in [5.41, 5.74) is 7.46. The highest BCUT2D eigenvalue weighted by atomic mass is 19.1. The zero-order chi connectivity index (χ0) is 13.1. The van der Waals surface area contributed by atoms with Crippen molar-refractivity contribution < 1.29 is 9.13 Å². The lowest BCUT2D eigenvalue weighted by Crippen LogP contribution is -2.06. The van der Waals surface area contributed by atoms with Gasteiger partial charge in [-0.2, -0.15) is 0 Å². The van der Waals surface area contributed by atoms with E-state index in [-0.39, 0.29) is 11.9 Å². The van der Waals surface area contributed by atoms with Crippen LogP contribution >= 0.6 is 0 Å². The Morgan fingerprint density at radius 2 is 2.11 bits per heavy atom. The van der Waals surface area contributed by atoms with E-state index in [0.29, 0.717) is 11.6 Å². The molecule has 0 spiro atoms. The fraction of sp³-hybridized carbons (Fsp3) is 0.214. The van der Waals surface area contributed by atoms with Crippen molar-refractivity contribution in [3.8, 4) is 5.75 Å². The highest BCUT2D eigenvalue weighted by Gasteiger charge is 2.10. The van der Waals surface area contributed by atoms with Gasteiger partial charge >= 0.3 is 0 Å². The lowest BCUT2D eigenvalue weighted by Gasteiger charge is -2.16. The van der Waals surface area contributed by atoms with Gasteiger partial charge in [0.05, 0.1) is 0 Å². The highest BCUT2D eigenvalue weighted by Crippen LogP contribution is 2.26. The number of ether oxygens (including phenoxy) is 1. The van der Waals surface area contributed by atoms with E-state index in [2.05, 4.69) is 4.98 Å². The minimum atomic E-state index is -0.286. The molecule has 3 nitrogen and oxygen atoms in total. The third-order valence-corrected chi connectivity index (χ3v) is 2.64. The molecule has 2 rings (SSSR count). The van der Waals surface area contributed by atoms with Gasteiger partial charge in [0, 0.05) is 6.20 Å². The van der Waals surface area contributed by atoms with Crippen molar-refractivity contribution in [2.45, 2.75) is 20.0 Å². The molecule has 0 bridgehead atoms. The van der Waals surface area contributed by atoms with Gasteiger partial charge in [0.15, 0.2) is 11.6 Å². The summed E-state index contributed by atoms with van der Waals surface area (Å²) in [6.45, 7) is 3.75. The van der Waals surface area contributed by atoms with Crippen LogP contribution in [0.2, 0.25) is 0 Å². The maximum Gasteiger partial charge on any atom is 0.166 e. The number of anilines is 1. The van der Waals surface area contributed by atoms with Crippen molar-refractivity contribution in [3.05, 3.63) is 53.5 Å². The van der Waals surface area contributed by atoms with Crippen LogP contribution in [0.5, 0.6) is 5.75 Å². The number of hydrogen-bond donors (Lipinski definition) is 1. The standard InChI is InChI=1S/C14H15FN2O/c1-9-6-13(14(16)17-8-9)18-10(2)11-4-3-5-12(15)7-11/h3-8,10H,1-2H3,(H2,16,17).